The van der Waals surface area contributed by atoms with Gasteiger partial charge in [-0.25, -0.2) is 4.39 Å². The van der Waals surface area contributed by atoms with Crippen molar-refractivity contribution in [1.82, 2.24) is 14.8 Å². The van der Waals surface area contributed by atoms with Crippen molar-refractivity contribution in [3.05, 3.63) is 65.4 Å². The first-order chi connectivity index (χ1) is 13.1. The smallest absolute Gasteiger partial charge is 0.289 e. The third kappa shape index (κ3) is 3.71. The van der Waals surface area contributed by atoms with E-state index in [2.05, 4.69) is 9.88 Å². The van der Waals surface area contributed by atoms with E-state index >= 15 is 0 Å². The van der Waals surface area contributed by atoms with Crippen LogP contribution in [0.4, 0.5) is 4.39 Å². The molecule has 0 radical (unpaired) electrons. The van der Waals surface area contributed by atoms with Gasteiger partial charge >= 0.3 is 0 Å². The molecule has 5 nitrogen and oxygen atoms in total. The lowest BCUT2D eigenvalue weighted by molar-refractivity contribution is 0.0609. The highest BCUT2D eigenvalue weighted by atomic mass is 19.1. The molecule has 1 aliphatic heterocycles. The molecule has 1 fully saturated rings. The van der Waals surface area contributed by atoms with Crippen molar-refractivity contribution in [3.63, 3.8) is 0 Å². The Labute approximate surface area is 157 Å². The van der Waals surface area contributed by atoms with E-state index in [0.717, 1.165) is 26.1 Å². The van der Waals surface area contributed by atoms with Gasteiger partial charge in [0.05, 0.1) is 0 Å². The van der Waals surface area contributed by atoms with E-state index in [-0.39, 0.29) is 11.7 Å². The molecule has 4 rings (SSSR count). The molecule has 0 N–H and O–H groups in total. The number of aryl methyl sites for hydroxylation is 1. The molecular formula is C21H22FN3O2. The number of nitrogens with zero attached hydrogens (tertiary/aromatic N) is 3. The first-order valence-electron chi connectivity index (χ1n) is 9.21. The van der Waals surface area contributed by atoms with E-state index in [1.807, 2.05) is 36.4 Å². The highest BCUT2D eigenvalue weighted by molar-refractivity contribution is 5.99. The lowest BCUT2D eigenvalue weighted by atomic mass is 10.1. The minimum Gasteiger partial charge on any atom is -0.451 e. The molecule has 1 amide bonds. The summed E-state index contributed by atoms with van der Waals surface area (Å²) in [4.78, 5) is 21.1. The number of fused-ring (bicyclic) bond motifs is 1. The van der Waals surface area contributed by atoms with Crippen LogP contribution in [0.25, 0.3) is 11.0 Å². The summed E-state index contributed by atoms with van der Waals surface area (Å²) in [7, 11) is 0. The average molecular weight is 367 g/mol. The van der Waals surface area contributed by atoms with E-state index in [1.54, 1.807) is 6.07 Å². The van der Waals surface area contributed by atoms with Gasteiger partial charge in [-0.05, 0) is 49.2 Å². The summed E-state index contributed by atoms with van der Waals surface area (Å²) in [5.41, 5.74) is 2.52. The molecule has 140 valence electrons. The molecule has 0 bridgehead atoms. The number of hydrogen-bond acceptors (Lipinski definition) is 4. The van der Waals surface area contributed by atoms with Gasteiger partial charge in [-0.15, -0.1) is 0 Å². The quantitative estimate of drug-likeness (QED) is 0.710. The van der Waals surface area contributed by atoms with Gasteiger partial charge in [0.2, 0.25) is 0 Å². The van der Waals surface area contributed by atoms with Crippen LogP contribution < -0.4 is 0 Å². The SMILES string of the molecule is Cc1c(C(=O)N2CCN(CCc3ccncc3)CC2)oc2ccc(F)cc12. The Morgan fingerprint density at radius 1 is 1.15 bits per heavy atom. The molecule has 0 saturated carbocycles. The Hall–Kier alpha value is -2.73. The van der Waals surface area contributed by atoms with E-state index in [9.17, 15) is 9.18 Å². The van der Waals surface area contributed by atoms with Crippen molar-refractivity contribution in [3.8, 4) is 0 Å². The highest BCUT2D eigenvalue weighted by Crippen LogP contribution is 2.27. The van der Waals surface area contributed by atoms with Gasteiger partial charge in [-0.3, -0.25) is 14.7 Å². The molecule has 0 aliphatic carbocycles. The summed E-state index contributed by atoms with van der Waals surface area (Å²) in [5.74, 6) is -0.119. The van der Waals surface area contributed by atoms with Crippen molar-refractivity contribution in [2.24, 2.45) is 0 Å². The second-order valence-electron chi connectivity index (χ2n) is 6.94. The number of furan rings is 1. The molecule has 0 unspecified atom stereocenters. The van der Waals surface area contributed by atoms with Gasteiger partial charge in [-0.2, -0.15) is 0 Å². The lowest BCUT2D eigenvalue weighted by Gasteiger charge is -2.34. The van der Waals surface area contributed by atoms with Crippen LogP contribution in [0.5, 0.6) is 0 Å². The number of hydrogen-bond donors (Lipinski definition) is 0. The molecule has 0 spiro atoms. The van der Waals surface area contributed by atoms with Gasteiger partial charge < -0.3 is 9.32 Å². The van der Waals surface area contributed by atoms with Gasteiger partial charge in [0.25, 0.3) is 5.91 Å². The normalized spacial score (nSPS) is 15.4. The maximum Gasteiger partial charge on any atom is 0.289 e. The molecule has 2 aromatic heterocycles. The van der Waals surface area contributed by atoms with Crippen LogP contribution in [0.2, 0.25) is 0 Å². The standard InChI is InChI=1S/C21H22FN3O2/c1-15-18-14-17(22)2-3-19(18)27-20(15)21(26)25-12-10-24(11-13-25)9-6-16-4-7-23-8-5-16/h2-5,7-8,14H,6,9-13H2,1H3. The minimum absolute atomic E-state index is 0.113. The van der Waals surface area contributed by atoms with Crippen LogP contribution in [-0.4, -0.2) is 53.4 Å². The van der Waals surface area contributed by atoms with Crippen molar-refractivity contribution in [1.29, 1.82) is 0 Å². The largest absolute Gasteiger partial charge is 0.451 e. The van der Waals surface area contributed by atoms with E-state index in [0.29, 0.717) is 35.4 Å². The number of benzene rings is 1. The zero-order chi connectivity index (χ0) is 18.8. The summed E-state index contributed by atoms with van der Waals surface area (Å²) in [5, 5.41) is 0.661. The van der Waals surface area contributed by atoms with E-state index < -0.39 is 0 Å². The van der Waals surface area contributed by atoms with Crippen molar-refractivity contribution in [2.45, 2.75) is 13.3 Å². The molecule has 3 heterocycles. The first kappa shape index (κ1) is 17.7. The van der Waals surface area contributed by atoms with Crippen molar-refractivity contribution in [2.75, 3.05) is 32.7 Å². The number of rotatable bonds is 4. The van der Waals surface area contributed by atoms with Crippen LogP contribution in [0.1, 0.15) is 21.7 Å². The fourth-order valence-corrected chi connectivity index (χ4v) is 3.55. The number of piperazine rings is 1. The second kappa shape index (κ2) is 7.48. The fraction of sp³-hybridized carbons (Fsp3) is 0.333. The predicted octanol–water partition coefficient (Wildman–Crippen LogP) is 3.28. The third-order valence-electron chi connectivity index (χ3n) is 5.22. The zero-order valence-corrected chi connectivity index (χ0v) is 15.3. The summed E-state index contributed by atoms with van der Waals surface area (Å²) >= 11 is 0. The first-order valence-corrected chi connectivity index (χ1v) is 9.21. The van der Waals surface area contributed by atoms with Crippen LogP contribution in [0.15, 0.2) is 47.1 Å². The molecule has 1 aromatic carbocycles. The summed E-state index contributed by atoms with van der Waals surface area (Å²) in [6, 6.07) is 8.41. The van der Waals surface area contributed by atoms with Gasteiger partial charge in [-0.1, -0.05) is 0 Å². The Kier molecular flexibility index (Phi) is 4.90. The number of halogens is 1. The van der Waals surface area contributed by atoms with Crippen LogP contribution in [0.3, 0.4) is 0 Å². The Morgan fingerprint density at radius 3 is 2.63 bits per heavy atom. The zero-order valence-electron chi connectivity index (χ0n) is 15.3. The molecule has 0 atom stereocenters. The highest BCUT2D eigenvalue weighted by Gasteiger charge is 2.26. The average Bonchev–Trinajstić information content (AvgIpc) is 3.03. The summed E-state index contributed by atoms with van der Waals surface area (Å²) in [6.07, 6.45) is 4.60. The second-order valence-corrected chi connectivity index (χ2v) is 6.94. The number of amides is 1. The van der Waals surface area contributed by atoms with Gasteiger partial charge in [0, 0.05) is 56.1 Å². The number of pyridine rings is 1. The third-order valence-corrected chi connectivity index (χ3v) is 5.22. The molecule has 6 heteroatoms. The van der Waals surface area contributed by atoms with Crippen molar-refractivity contribution < 1.29 is 13.6 Å². The van der Waals surface area contributed by atoms with Gasteiger partial charge in [0.15, 0.2) is 5.76 Å². The summed E-state index contributed by atoms with van der Waals surface area (Å²) < 4.78 is 19.2. The Bertz CT molecular complexity index is 947. The molecule has 1 saturated heterocycles. The van der Waals surface area contributed by atoms with E-state index in [1.165, 1.54) is 17.7 Å². The Morgan fingerprint density at radius 2 is 1.89 bits per heavy atom. The maximum absolute atomic E-state index is 13.5. The minimum atomic E-state index is -0.326. The maximum atomic E-state index is 13.5. The van der Waals surface area contributed by atoms with Crippen LogP contribution in [0, 0.1) is 12.7 Å². The Balaban J connectivity index is 1.38. The summed E-state index contributed by atoms with van der Waals surface area (Å²) in [6.45, 7) is 5.79. The predicted molar refractivity (Wildman–Crippen MR) is 101 cm³/mol. The molecule has 3 aromatic rings. The lowest BCUT2D eigenvalue weighted by Crippen LogP contribution is -2.49. The topological polar surface area (TPSA) is 49.6 Å². The molecule has 1 aliphatic rings. The molecule has 27 heavy (non-hydrogen) atoms. The van der Waals surface area contributed by atoms with E-state index in [4.69, 9.17) is 4.42 Å². The van der Waals surface area contributed by atoms with Crippen molar-refractivity contribution >= 4 is 16.9 Å². The fourth-order valence-electron chi connectivity index (χ4n) is 3.55. The number of aromatic nitrogens is 1. The monoisotopic (exact) mass is 367 g/mol. The van der Waals surface area contributed by atoms with Gasteiger partial charge in [0.1, 0.15) is 11.4 Å². The number of carbonyl (C=O) groups excluding carboxylic acids is 1. The van der Waals surface area contributed by atoms with Crippen LogP contribution >= 0.6 is 0 Å². The number of carbonyl (C=O) groups is 1. The van der Waals surface area contributed by atoms with Crippen LogP contribution in [-0.2, 0) is 6.42 Å². The molecular weight excluding hydrogens is 345 g/mol.